The molecular weight excluding hydrogens is 1120 g/mol. The van der Waals surface area contributed by atoms with Gasteiger partial charge in [-0.05, 0) is 83.5 Å². The number of hydrogen-bond acceptors (Lipinski definition) is 5. The van der Waals surface area contributed by atoms with E-state index in [1.54, 1.807) is 6.08 Å². The summed E-state index contributed by atoms with van der Waals surface area (Å²) in [7, 11) is 1.56. The first kappa shape index (κ1) is 86.9. The normalized spacial score (nSPS) is 13.9. The number of hydrogen-bond donors (Lipinski definition) is 3. The lowest BCUT2D eigenvalue weighted by molar-refractivity contribution is -0.870. The average molecular weight is 1270 g/mol. The molecule has 9 heteroatoms. The summed E-state index contributed by atoms with van der Waals surface area (Å²) in [6.07, 6.45) is 99.5. The Morgan fingerprint density at radius 1 is 0.382 bits per heavy atom. The van der Waals surface area contributed by atoms with Crippen LogP contribution in [-0.4, -0.2) is 73.4 Å². The Balaban J connectivity index is 4.05. The van der Waals surface area contributed by atoms with Gasteiger partial charge in [0, 0.05) is 6.42 Å². The number of quaternary nitrogens is 1. The molecule has 3 N–H and O–H groups in total. The van der Waals surface area contributed by atoms with Crippen LogP contribution < -0.4 is 5.32 Å². The molecular formula is C80H152N2O6P+. The molecule has 0 saturated heterocycles. The predicted molar refractivity (Wildman–Crippen MR) is 392 cm³/mol. The highest BCUT2D eigenvalue weighted by Gasteiger charge is 2.28. The van der Waals surface area contributed by atoms with Gasteiger partial charge in [-0.2, -0.15) is 0 Å². The second-order valence-electron chi connectivity index (χ2n) is 27.7. The van der Waals surface area contributed by atoms with Crippen LogP contribution in [0.5, 0.6) is 0 Å². The number of aliphatic hydroxyl groups excluding tert-OH is 1. The summed E-state index contributed by atoms with van der Waals surface area (Å²) >= 11 is 0. The number of likely N-dealkylation sites (N-methyl/N-ethyl adjacent to an activating group) is 1. The Morgan fingerprint density at radius 2 is 0.652 bits per heavy atom. The minimum atomic E-state index is -4.37. The van der Waals surface area contributed by atoms with Crippen LogP contribution in [0.1, 0.15) is 380 Å². The Labute approximate surface area is 554 Å². The van der Waals surface area contributed by atoms with Crippen molar-refractivity contribution in [2.24, 2.45) is 0 Å². The third kappa shape index (κ3) is 73.2. The fourth-order valence-electron chi connectivity index (χ4n) is 11.6. The lowest BCUT2D eigenvalue weighted by Crippen LogP contribution is -2.45. The van der Waals surface area contributed by atoms with Gasteiger partial charge in [0.05, 0.1) is 39.9 Å². The van der Waals surface area contributed by atoms with Crippen molar-refractivity contribution >= 4 is 13.7 Å². The summed E-state index contributed by atoms with van der Waals surface area (Å²) in [6, 6.07) is -0.874. The van der Waals surface area contributed by atoms with E-state index in [9.17, 15) is 19.4 Å². The van der Waals surface area contributed by atoms with E-state index in [1.165, 1.54) is 302 Å². The van der Waals surface area contributed by atoms with Gasteiger partial charge in [-0.25, -0.2) is 4.57 Å². The summed E-state index contributed by atoms with van der Waals surface area (Å²) < 4.78 is 23.8. The van der Waals surface area contributed by atoms with E-state index in [0.29, 0.717) is 17.4 Å². The topological polar surface area (TPSA) is 105 Å². The number of carbonyl (C=O) groups is 1. The average Bonchev–Trinajstić information content (AvgIpc) is 3.64. The maximum Gasteiger partial charge on any atom is 0.472 e. The van der Waals surface area contributed by atoms with Crippen molar-refractivity contribution in [2.45, 2.75) is 392 Å². The molecule has 0 aromatic carbocycles. The number of unbranched alkanes of at least 4 members (excludes halogenated alkanes) is 49. The third-order valence-electron chi connectivity index (χ3n) is 17.6. The molecule has 0 heterocycles. The van der Waals surface area contributed by atoms with Crippen LogP contribution in [0, 0.1) is 0 Å². The maximum absolute atomic E-state index is 13.1. The highest BCUT2D eigenvalue weighted by atomic mass is 31.2. The van der Waals surface area contributed by atoms with E-state index in [0.717, 1.165) is 57.8 Å². The van der Waals surface area contributed by atoms with E-state index >= 15 is 0 Å². The highest BCUT2D eigenvalue weighted by molar-refractivity contribution is 7.47. The van der Waals surface area contributed by atoms with Crippen molar-refractivity contribution in [3.05, 3.63) is 72.9 Å². The first-order valence-electron chi connectivity index (χ1n) is 38.8. The summed E-state index contributed by atoms with van der Waals surface area (Å²) in [5.41, 5.74) is 0. The molecule has 0 aliphatic carbocycles. The van der Waals surface area contributed by atoms with Crippen LogP contribution in [0.2, 0.25) is 0 Å². The smallest absolute Gasteiger partial charge is 0.387 e. The molecule has 0 aromatic rings. The van der Waals surface area contributed by atoms with Crippen LogP contribution >= 0.6 is 7.82 Å². The van der Waals surface area contributed by atoms with Gasteiger partial charge in [0.1, 0.15) is 13.2 Å². The zero-order valence-corrected chi connectivity index (χ0v) is 60.8. The number of allylic oxidation sites excluding steroid dienone is 11. The van der Waals surface area contributed by atoms with Gasteiger partial charge in [0.2, 0.25) is 5.91 Å². The molecule has 522 valence electrons. The van der Waals surface area contributed by atoms with Gasteiger partial charge in [-0.15, -0.1) is 0 Å². The van der Waals surface area contributed by atoms with E-state index < -0.39 is 20.0 Å². The fraction of sp³-hybridized carbons (Fsp3) is 0.838. The Hall–Kier alpha value is -2.06. The van der Waals surface area contributed by atoms with E-state index in [-0.39, 0.29) is 19.1 Å². The number of carbonyl (C=O) groups excluding carboxylic acids is 1. The lowest BCUT2D eigenvalue weighted by atomic mass is 10.0. The van der Waals surface area contributed by atoms with Crippen LogP contribution in [0.15, 0.2) is 72.9 Å². The molecule has 0 spiro atoms. The summed E-state index contributed by atoms with van der Waals surface area (Å²) in [4.78, 5) is 23.5. The second kappa shape index (κ2) is 70.3. The number of phosphoric ester groups is 1. The van der Waals surface area contributed by atoms with Crippen LogP contribution in [0.3, 0.4) is 0 Å². The second-order valence-corrected chi connectivity index (χ2v) is 29.2. The quantitative estimate of drug-likeness (QED) is 0.0243. The Bertz CT molecular complexity index is 1680. The summed E-state index contributed by atoms with van der Waals surface area (Å²) in [6.45, 7) is 4.82. The largest absolute Gasteiger partial charge is 0.472 e. The maximum atomic E-state index is 13.1. The number of aliphatic hydroxyl groups is 1. The standard InChI is InChI=1S/C80H151N2O6P/c1-6-8-10-12-14-16-18-20-22-24-26-28-30-32-34-36-38-40-41-42-44-46-48-50-52-54-56-58-60-62-64-66-68-70-72-74-80(84)81-78(77-88-89(85,86)87-76-75-82(3,4)5)79(83)73-71-69-67-65-63-61-59-57-55-53-51-49-47-45-43-39-37-35-33-31-29-27-25-23-21-19-17-15-13-11-9-7-2/h18,20,24,26,30,32,55,57,63,65,71,73,78-79,83H,6-17,19,21-23,25,27-29,31,33-54,56,58-62,64,66-70,72,74-77H2,1-5H3,(H-,81,84,85,86)/p+1/b20-18-,26-24-,32-30-,57-55+,65-63+,73-71+. The molecule has 3 unspecified atom stereocenters. The molecule has 0 aliphatic rings. The third-order valence-corrected chi connectivity index (χ3v) is 18.6. The number of nitrogens with zero attached hydrogens (tertiary/aromatic N) is 1. The summed E-state index contributed by atoms with van der Waals surface area (Å²) in [5, 5.41) is 14.0. The van der Waals surface area contributed by atoms with Crippen LogP contribution in [0.4, 0.5) is 0 Å². The molecule has 8 nitrogen and oxygen atoms in total. The number of phosphoric acid groups is 1. The van der Waals surface area contributed by atoms with E-state index in [1.807, 2.05) is 27.2 Å². The van der Waals surface area contributed by atoms with Crippen molar-refractivity contribution in [3.8, 4) is 0 Å². The first-order chi connectivity index (χ1) is 43.5. The SMILES string of the molecule is CCCCCCC/C=C\C/C=C\C/C=C\CCCCCCCCCCCCCCCCCCCCCCC(=O)NC(COP(=O)(O)OCC[N+](C)(C)C)C(O)/C=C/CC/C=C/CC/C=C/CCCCCCCCCCCCCCCCCCCCCCCC. The van der Waals surface area contributed by atoms with Crippen molar-refractivity contribution < 1.29 is 32.9 Å². The first-order valence-corrected chi connectivity index (χ1v) is 40.3. The van der Waals surface area contributed by atoms with Gasteiger partial charge in [0.15, 0.2) is 0 Å². The number of rotatable bonds is 72. The summed E-state index contributed by atoms with van der Waals surface area (Å²) in [5.74, 6) is -0.186. The zero-order chi connectivity index (χ0) is 64.8. The molecule has 0 saturated carbocycles. The minimum absolute atomic E-state index is 0.0530. The van der Waals surface area contributed by atoms with Gasteiger partial charge < -0.3 is 19.8 Å². The van der Waals surface area contributed by atoms with Gasteiger partial charge in [-0.1, -0.05) is 363 Å². The molecule has 3 atom stereocenters. The number of nitrogens with one attached hydrogen (secondary N) is 1. The molecule has 89 heavy (non-hydrogen) atoms. The highest BCUT2D eigenvalue weighted by Crippen LogP contribution is 2.43. The van der Waals surface area contributed by atoms with Crippen molar-refractivity contribution in [3.63, 3.8) is 0 Å². The predicted octanol–water partition coefficient (Wildman–Crippen LogP) is 25.3. The monoisotopic (exact) mass is 1270 g/mol. The zero-order valence-electron chi connectivity index (χ0n) is 59.9. The molecule has 0 aromatic heterocycles. The Morgan fingerprint density at radius 3 is 0.978 bits per heavy atom. The molecule has 1 amide bonds. The van der Waals surface area contributed by atoms with Crippen molar-refractivity contribution in [1.29, 1.82) is 0 Å². The van der Waals surface area contributed by atoms with Gasteiger partial charge >= 0.3 is 7.82 Å². The van der Waals surface area contributed by atoms with Gasteiger partial charge in [-0.3, -0.25) is 13.8 Å². The Kier molecular flexibility index (Phi) is 68.6. The minimum Gasteiger partial charge on any atom is -0.387 e. The number of amides is 1. The van der Waals surface area contributed by atoms with Crippen molar-refractivity contribution in [1.82, 2.24) is 5.32 Å². The van der Waals surface area contributed by atoms with E-state index in [4.69, 9.17) is 9.05 Å². The molecule has 0 fully saturated rings. The molecule has 0 radical (unpaired) electrons. The molecule has 0 bridgehead atoms. The molecule has 0 aliphatic heterocycles. The van der Waals surface area contributed by atoms with Gasteiger partial charge in [0.25, 0.3) is 0 Å². The molecule has 0 rings (SSSR count). The van der Waals surface area contributed by atoms with Crippen LogP contribution in [0.25, 0.3) is 0 Å². The lowest BCUT2D eigenvalue weighted by Gasteiger charge is -2.25. The van der Waals surface area contributed by atoms with Crippen LogP contribution in [-0.2, 0) is 18.4 Å². The van der Waals surface area contributed by atoms with E-state index in [2.05, 4.69) is 79.9 Å². The van der Waals surface area contributed by atoms with Crippen molar-refractivity contribution in [2.75, 3.05) is 40.9 Å². The fourth-order valence-corrected chi connectivity index (χ4v) is 12.4.